The van der Waals surface area contributed by atoms with E-state index in [1.807, 2.05) is 0 Å². The van der Waals surface area contributed by atoms with Crippen molar-refractivity contribution in [2.45, 2.75) is 37.0 Å². The van der Waals surface area contributed by atoms with E-state index < -0.39 is 0 Å². The van der Waals surface area contributed by atoms with Crippen molar-refractivity contribution in [1.29, 1.82) is 0 Å². The third-order valence-corrected chi connectivity index (χ3v) is 4.86. The van der Waals surface area contributed by atoms with Crippen molar-refractivity contribution in [3.63, 3.8) is 0 Å². The van der Waals surface area contributed by atoms with E-state index in [9.17, 15) is 0 Å². The summed E-state index contributed by atoms with van der Waals surface area (Å²) in [6.45, 7) is 2.38. The second-order valence-electron chi connectivity index (χ2n) is 6.20. The number of rotatable bonds is 6. The lowest BCUT2D eigenvalue weighted by molar-refractivity contribution is -0.00461. The van der Waals surface area contributed by atoms with Gasteiger partial charge < -0.3 is 15.2 Å². The van der Waals surface area contributed by atoms with Gasteiger partial charge in [-0.2, -0.15) is 0 Å². The molecule has 0 amide bonds. The Balaban J connectivity index is 1.77. The summed E-state index contributed by atoms with van der Waals surface area (Å²) in [5.41, 5.74) is 8.87. The molecule has 4 heteroatoms. The van der Waals surface area contributed by atoms with E-state index in [1.54, 1.807) is 14.2 Å². The molecule has 1 aliphatic carbocycles. The number of ether oxygens (including phenoxy) is 2. The average molecular weight is 290 g/mol. The standard InChI is InChI=1S/C17H26N2O2/c1-20-16-10-19(11-17(16)21-2)15(9-18)14-5-3-4-13(8-14)12-6-7-12/h3-5,8,12,15-17H,6-7,9-11,18H2,1-2H3. The molecule has 1 aromatic carbocycles. The number of nitrogens with zero attached hydrogens (tertiary/aromatic N) is 1. The molecule has 3 atom stereocenters. The molecule has 2 aliphatic rings. The van der Waals surface area contributed by atoms with Crippen LogP contribution in [-0.4, -0.2) is 51.0 Å². The van der Waals surface area contributed by atoms with Crippen molar-refractivity contribution < 1.29 is 9.47 Å². The van der Waals surface area contributed by atoms with Crippen LogP contribution in [0, 0.1) is 0 Å². The molecule has 0 spiro atoms. The van der Waals surface area contributed by atoms with Gasteiger partial charge in [0.2, 0.25) is 0 Å². The van der Waals surface area contributed by atoms with Crippen LogP contribution in [0.2, 0.25) is 0 Å². The van der Waals surface area contributed by atoms with E-state index in [0.717, 1.165) is 19.0 Å². The monoisotopic (exact) mass is 290 g/mol. The molecule has 1 aromatic rings. The molecule has 1 heterocycles. The van der Waals surface area contributed by atoms with Crippen LogP contribution in [0.3, 0.4) is 0 Å². The molecule has 1 aliphatic heterocycles. The highest BCUT2D eigenvalue weighted by molar-refractivity contribution is 5.31. The van der Waals surface area contributed by atoms with Crippen molar-refractivity contribution in [2.75, 3.05) is 33.9 Å². The van der Waals surface area contributed by atoms with Crippen LogP contribution < -0.4 is 5.73 Å². The highest BCUT2D eigenvalue weighted by Crippen LogP contribution is 2.41. The van der Waals surface area contributed by atoms with E-state index in [0.29, 0.717) is 6.54 Å². The topological polar surface area (TPSA) is 47.7 Å². The number of nitrogens with two attached hydrogens (primary N) is 1. The Hall–Kier alpha value is -0.940. The first-order valence-electron chi connectivity index (χ1n) is 7.86. The van der Waals surface area contributed by atoms with Crippen LogP contribution in [0.4, 0.5) is 0 Å². The Kier molecular flexibility index (Phi) is 4.60. The maximum atomic E-state index is 6.08. The van der Waals surface area contributed by atoms with Gasteiger partial charge >= 0.3 is 0 Å². The maximum absolute atomic E-state index is 6.08. The predicted octanol–water partition coefficient (Wildman–Crippen LogP) is 1.91. The molecule has 3 rings (SSSR count). The molecule has 0 aromatic heterocycles. The molecule has 1 saturated carbocycles. The Morgan fingerprint density at radius 2 is 1.86 bits per heavy atom. The second-order valence-corrected chi connectivity index (χ2v) is 6.20. The summed E-state index contributed by atoms with van der Waals surface area (Å²) in [7, 11) is 3.51. The van der Waals surface area contributed by atoms with Gasteiger partial charge in [0.05, 0.1) is 12.2 Å². The third kappa shape index (κ3) is 3.14. The summed E-state index contributed by atoms with van der Waals surface area (Å²) in [4.78, 5) is 2.40. The van der Waals surface area contributed by atoms with Crippen molar-refractivity contribution in [3.05, 3.63) is 35.4 Å². The minimum absolute atomic E-state index is 0.135. The summed E-state index contributed by atoms with van der Waals surface area (Å²) in [5, 5.41) is 0. The number of benzene rings is 1. The van der Waals surface area contributed by atoms with Crippen molar-refractivity contribution in [3.8, 4) is 0 Å². The molecule has 2 N–H and O–H groups in total. The fraction of sp³-hybridized carbons (Fsp3) is 0.647. The smallest absolute Gasteiger partial charge is 0.0972 e. The van der Waals surface area contributed by atoms with Gasteiger partial charge in [-0.25, -0.2) is 0 Å². The third-order valence-electron chi connectivity index (χ3n) is 4.86. The molecular weight excluding hydrogens is 264 g/mol. The van der Waals surface area contributed by atoms with Gasteiger partial charge in [0.25, 0.3) is 0 Å². The second kappa shape index (κ2) is 6.44. The Bertz CT molecular complexity index is 464. The van der Waals surface area contributed by atoms with Crippen LogP contribution >= 0.6 is 0 Å². The minimum Gasteiger partial charge on any atom is -0.377 e. The molecule has 116 valence electrons. The summed E-state index contributed by atoms with van der Waals surface area (Å²) in [6, 6.07) is 9.21. The number of methoxy groups -OCH3 is 2. The molecule has 21 heavy (non-hydrogen) atoms. The Morgan fingerprint density at radius 1 is 1.19 bits per heavy atom. The van der Waals surface area contributed by atoms with Crippen LogP contribution in [0.1, 0.15) is 35.9 Å². The van der Waals surface area contributed by atoms with Gasteiger partial charge in [0.1, 0.15) is 0 Å². The first-order valence-corrected chi connectivity index (χ1v) is 7.86. The largest absolute Gasteiger partial charge is 0.377 e. The lowest BCUT2D eigenvalue weighted by atomic mass is 10.0. The van der Waals surface area contributed by atoms with Crippen LogP contribution in [0.5, 0.6) is 0 Å². The zero-order valence-corrected chi connectivity index (χ0v) is 13.0. The summed E-state index contributed by atoms with van der Waals surface area (Å²) in [6.07, 6.45) is 2.93. The molecule has 3 unspecified atom stereocenters. The normalized spacial score (nSPS) is 28.0. The van der Waals surface area contributed by atoms with E-state index in [2.05, 4.69) is 29.2 Å². The van der Waals surface area contributed by atoms with Gasteiger partial charge in [0.15, 0.2) is 0 Å². The number of hydrogen-bond acceptors (Lipinski definition) is 4. The van der Waals surface area contributed by atoms with Gasteiger partial charge in [-0.1, -0.05) is 24.3 Å². The summed E-state index contributed by atoms with van der Waals surface area (Å²) >= 11 is 0. The molecule has 0 bridgehead atoms. The zero-order valence-electron chi connectivity index (χ0n) is 13.0. The Labute approximate surface area is 127 Å². The molecule has 4 nitrogen and oxygen atoms in total. The van der Waals surface area contributed by atoms with E-state index >= 15 is 0 Å². The minimum atomic E-state index is 0.135. The summed E-state index contributed by atoms with van der Waals surface area (Å²) in [5.74, 6) is 0.778. The van der Waals surface area contributed by atoms with Gasteiger partial charge in [-0.05, 0) is 29.9 Å². The molecule has 2 fully saturated rings. The van der Waals surface area contributed by atoms with E-state index in [1.165, 1.54) is 24.0 Å². The molecule has 0 radical (unpaired) electrons. The lowest BCUT2D eigenvalue weighted by Gasteiger charge is -2.27. The fourth-order valence-corrected chi connectivity index (χ4v) is 3.41. The van der Waals surface area contributed by atoms with Crippen molar-refractivity contribution >= 4 is 0 Å². The van der Waals surface area contributed by atoms with Gasteiger partial charge in [0, 0.05) is 39.9 Å². The average Bonchev–Trinajstić information content (AvgIpc) is 3.29. The fourth-order valence-electron chi connectivity index (χ4n) is 3.41. The Morgan fingerprint density at radius 3 is 2.38 bits per heavy atom. The first-order chi connectivity index (χ1) is 10.3. The highest BCUT2D eigenvalue weighted by atomic mass is 16.5. The van der Waals surface area contributed by atoms with E-state index in [4.69, 9.17) is 15.2 Å². The number of hydrogen-bond donors (Lipinski definition) is 1. The summed E-state index contributed by atoms with van der Waals surface area (Å²) < 4.78 is 11.1. The lowest BCUT2D eigenvalue weighted by Crippen LogP contribution is -2.33. The van der Waals surface area contributed by atoms with Crippen LogP contribution in [0.25, 0.3) is 0 Å². The quantitative estimate of drug-likeness (QED) is 0.869. The SMILES string of the molecule is COC1CN(C(CN)c2cccc(C3CC3)c2)CC1OC. The van der Waals surface area contributed by atoms with Gasteiger partial charge in [-0.3, -0.25) is 4.90 Å². The van der Waals surface area contributed by atoms with Crippen molar-refractivity contribution in [2.24, 2.45) is 5.73 Å². The highest BCUT2D eigenvalue weighted by Gasteiger charge is 2.36. The molecule has 1 saturated heterocycles. The van der Waals surface area contributed by atoms with Crippen LogP contribution in [0.15, 0.2) is 24.3 Å². The molecular formula is C17H26N2O2. The maximum Gasteiger partial charge on any atom is 0.0972 e. The van der Waals surface area contributed by atoms with E-state index in [-0.39, 0.29) is 18.2 Å². The predicted molar refractivity (Wildman–Crippen MR) is 83.4 cm³/mol. The first kappa shape index (κ1) is 15.0. The van der Waals surface area contributed by atoms with Gasteiger partial charge in [-0.15, -0.1) is 0 Å². The van der Waals surface area contributed by atoms with Crippen molar-refractivity contribution in [1.82, 2.24) is 4.90 Å². The zero-order chi connectivity index (χ0) is 14.8. The number of likely N-dealkylation sites (tertiary alicyclic amines) is 1. The van der Waals surface area contributed by atoms with Crippen LogP contribution in [-0.2, 0) is 9.47 Å².